The molecular formula is C16H27FN2O. The summed E-state index contributed by atoms with van der Waals surface area (Å²) in [5.41, 5.74) is 1.81. The summed E-state index contributed by atoms with van der Waals surface area (Å²) in [7, 11) is 0. The minimum Gasteiger partial charge on any atom is -0.382 e. The van der Waals surface area contributed by atoms with Crippen molar-refractivity contribution in [3.05, 3.63) is 29.6 Å². The zero-order chi connectivity index (χ0) is 14.8. The summed E-state index contributed by atoms with van der Waals surface area (Å²) in [6.45, 7) is 11.0. The molecule has 0 bridgehead atoms. The Morgan fingerprint density at radius 1 is 1.20 bits per heavy atom. The second-order valence-corrected chi connectivity index (χ2v) is 4.69. The number of halogens is 1. The van der Waals surface area contributed by atoms with Gasteiger partial charge in [-0.05, 0) is 51.4 Å². The van der Waals surface area contributed by atoms with E-state index in [-0.39, 0.29) is 5.82 Å². The Labute approximate surface area is 122 Å². The van der Waals surface area contributed by atoms with Crippen LogP contribution < -0.4 is 10.2 Å². The van der Waals surface area contributed by atoms with Crippen molar-refractivity contribution in [2.75, 3.05) is 37.7 Å². The standard InChI is InChI=1S/C16H27FN2O/c1-4-19(5-2)16-12-14(8-9-15(16)17)13-18-10-7-11-20-6-3/h8-9,12,18H,4-7,10-11,13H2,1-3H3. The topological polar surface area (TPSA) is 24.5 Å². The fraction of sp³-hybridized carbons (Fsp3) is 0.625. The van der Waals surface area contributed by atoms with Gasteiger partial charge in [-0.25, -0.2) is 4.39 Å². The summed E-state index contributed by atoms with van der Waals surface area (Å²) in [6.07, 6.45) is 0.998. The zero-order valence-electron chi connectivity index (χ0n) is 12.9. The second-order valence-electron chi connectivity index (χ2n) is 4.69. The third-order valence-corrected chi connectivity index (χ3v) is 3.29. The number of hydrogen-bond acceptors (Lipinski definition) is 3. The van der Waals surface area contributed by atoms with Gasteiger partial charge in [0.25, 0.3) is 0 Å². The minimum absolute atomic E-state index is 0.145. The monoisotopic (exact) mass is 282 g/mol. The fourth-order valence-electron chi connectivity index (χ4n) is 2.15. The Balaban J connectivity index is 2.48. The maximum absolute atomic E-state index is 13.8. The largest absolute Gasteiger partial charge is 0.382 e. The Kier molecular flexibility index (Phi) is 8.23. The smallest absolute Gasteiger partial charge is 0.146 e. The molecule has 0 amide bonds. The number of benzene rings is 1. The van der Waals surface area contributed by atoms with Crippen molar-refractivity contribution in [3.8, 4) is 0 Å². The van der Waals surface area contributed by atoms with Gasteiger partial charge in [0, 0.05) is 32.8 Å². The average molecular weight is 282 g/mol. The molecule has 1 aromatic carbocycles. The van der Waals surface area contributed by atoms with Gasteiger partial charge in [0.2, 0.25) is 0 Å². The van der Waals surface area contributed by atoms with Gasteiger partial charge in [-0.15, -0.1) is 0 Å². The first-order valence-electron chi connectivity index (χ1n) is 7.54. The quantitative estimate of drug-likeness (QED) is 0.667. The summed E-state index contributed by atoms with van der Waals surface area (Å²) in [5, 5.41) is 3.36. The summed E-state index contributed by atoms with van der Waals surface area (Å²) < 4.78 is 19.1. The van der Waals surface area contributed by atoms with Crippen molar-refractivity contribution < 1.29 is 9.13 Å². The van der Waals surface area contributed by atoms with E-state index in [9.17, 15) is 4.39 Å². The molecule has 4 heteroatoms. The van der Waals surface area contributed by atoms with Crippen LogP contribution in [0.3, 0.4) is 0 Å². The van der Waals surface area contributed by atoms with Gasteiger partial charge < -0.3 is 15.0 Å². The van der Waals surface area contributed by atoms with Crippen LogP contribution in [-0.2, 0) is 11.3 Å². The number of anilines is 1. The number of hydrogen-bond donors (Lipinski definition) is 1. The molecule has 0 unspecified atom stereocenters. The maximum atomic E-state index is 13.8. The highest BCUT2D eigenvalue weighted by Crippen LogP contribution is 2.20. The SMILES string of the molecule is CCOCCCNCc1ccc(F)c(N(CC)CC)c1. The minimum atomic E-state index is -0.145. The van der Waals surface area contributed by atoms with E-state index in [1.165, 1.54) is 0 Å². The molecule has 0 spiro atoms. The number of ether oxygens (including phenoxy) is 1. The number of nitrogens with zero attached hydrogens (tertiary/aromatic N) is 1. The summed E-state index contributed by atoms with van der Waals surface area (Å²) in [4.78, 5) is 2.04. The predicted octanol–water partition coefficient (Wildman–Crippen LogP) is 3.19. The van der Waals surface area contributed by atoms with Crippen LogP contribution in [0.4, 0.5) is 10.1 Å². The molecule has 114 valence electrons. The Morgan fingerprint density at radius 3 is 2.60 bits per heavy atom. The molecule has 0 aliphatic heterocycles. The third-order valence-electron chi connectivity index (χ3n) is 3.29. The second kappa shape index (κ2) is 9.72. The molecule has 0 heterocycles. The molecule has 0 fully saturated rings. The molecule has 1 rings (SSSR count). The van der Waals surface area contributed by atoms with Crippen LogP contribution in [0.25, 0.3) is 0 Å². The highest BCUT2D eigenvalue weighted by atomic mass is 19.1. The van der Waals surface area contributed by atoms with Gasteiger partial charge >= 0.3 is 0 Å². The van der Waals surface area contributed by atoms with Crippen LogP contribution >= 0.6 is 0 Å². The van der Waals surface area contributed by atoms with E-state index in [1.807, 2.05) is 37.8 Å². The summed E-state index contributed by atoms with van der Waals surface area (Å²) in [6, 6.07) is 5.35. The lowest BCUT2D eigenvalue weighted by Gasteiger charge is -2.22. The predicted molar refractivity (Wildman–Crippen MR) is 82.8 cm³/mol. The first-order chi connectivity index (χ1) is 9.72. The van der Waals surface area contributed by atoms with Crippen LogP contribution in [0, 0.1) is 5.82 Å². The molecule has 1 N–H and O–H groups in total. The van der Waals surface area contributed by atoms with Crippen molar-refractivity contribution in [1.29, 1.82) is 0 Å². The van der Waals surface area contributed by atoms with E-state index in [4.69, 9.17) is 4.74 Å². The molecular weight excluding hydrogens is 255 g/mol. The van der Waals surface area contributed by atoms with Crippen molar-refractivity contribution in [2.45, 2.75) is 33.7 Å². The van der Waals surface area contributed by atoms with Gasteiger partial charge in [-0.3, -0.25) is 0 Å². The third kappa shape index (κ3) is 5.47. The highest BCUT2D eigenvalue weighted by Gasteiger charge is 2.09. The highest BCUT2D eigenvalue weighted by molar-refractivity contribution is 5.49. The van der Waals surface area contributed by atoms with Crippen LogP contribution in [0.15, 0.2) is 18.2 Å². The van der Waals surface area contributed by atoms with Crippen LogP contribution in [0.1, 0.15) is 32.8 Å². The van der Waals surface area contributed by atoms with E-state index in [1.54, 1.807) is 6.07 Å². The van der Waals surface area contributed by atoms with E-state index >= 15 is 0 Å². The molecule has 20 heavy (non-hydrogen) atoms. The van der Waals surface area contributed by atoms with Gasteiger partial charge in [0.1, 0.15) is 5.82 Å². The molecule has 0 aromatic heterocycles. The first kappa shape index (κ1) is 16.9. The first-order valence-corrected chi connectivity index (χ1v) is 7.54. The van der Waals surface area contributed by atoms with Gasteiger partial charge in [-0.1, -0.05) is 6.07 Å². The lowest BCUT2D eigenvalue weighted by Crippen LogP contribution is -2.23. The van der Waals surface area contributed by atoms with Gasteiger partial charge in [0.05, 0.1) is 5.69 Å². The number of rotatable bonds is 10. The molecule has 0 saturated heterocycles. The van der Waals surface area contributed by atoms with Crippen molar-refractivity contribution >= 4 is 5.69 Å². The van der Waals surface area contributed by atoms with E-state index in [0.29, 0.717) is 5.69 Å². The van der Waals surface area contributed by atoms with Crippen molar-refractivity contribution in [2.24, 2.45) is 0 Å². The molecule has 1 aromatic rings. The molecule has 0 aliphatic carbocycles. The molecule has 0 aliphatic rings. The molecule has 0 saturated carbocycles. The zero-order valence-corrected chi connectivity index (χ0v) is 12.9. The summed E-state index contributed by atoms with van der Waals surface area (Å²) in [5.74, 6) is -0.145. The number of nitrogens with one attached hydrogen (secondary N) is 1. The van der Waals surface area contributed by atoms with Gasteiger partial charge in [0.15, 0.2) is 0 Å². The summed E-state index contributed by atoms with van der Waals surface area (Å²) >= 11 is 0. The molecule has 0 atom stereocenters. The van der Waals surface area contributed by atoms with Crippen LogP contribution in [-0.4, -0.2) is 32.8 Å². The van der Waals surface area contributed by atoms with Crippen molar-refractivity contribution in [3.63, 3.8) is 0 Å². The van der Waals surface area contributed by atoms with Crippen LogP contribution in [0.5, 0.6) is 0 Å². The fourth-order valence-corrected chi connectivity index (χ4v) is 2.15. The molecule has 3 nitrogen and oxygen atoms in total. The Morgan fingerprint density at radius 2 is 1.95 bits per heavy atom. The average Bonchev–Trinajstić information content (AvgIpc) is 2.47. The molecule has 0 radical (unpaired) electrons. The van der Waals surface area contributed by atoms with Gasteiger partial charge in [-0.2, -0.15) is 0 Å². The lowest BCUT2D eigenvalue weighted by atomic mass is 10.1. The van der Waals surface area contributed by atoms with E-state index in [0.717, 1.165) is 51.4 Å². The Hall–Kier alpha value is -1.13. The van der Waals surface area contributed by atoms with Crippen molar-refractivity contribution in [1.82, 2.24) is 5.32 Å². The Bertz CT molecular complexity index is 381. The maximum Gasteiger partial charge on any atom is 0.146 e. The normalized spacial score (nSPS) is 10.8. The van der Waals surface area contributed by atoms with E-state index < -0.39 is 0 Å². The lowest BCUT2D eigenvalue weighted by molar-refractivity contribution is 0.144. The van der Waals surface area contributed by atoms with E-state index in [2.05, 4.69) is 5.32 Å². The van der Waals surface area contributed by atoms with Crippen LogP contribution in [0.2, 0.25) is 0 Å².